The van der Waals surface area contributed by atoms with Gasteiger partial charge in [-0.1, -0.05) is 0 Å². The minimum Gasteiger partial charge on any atom is -0.493 e. The Morgan fingerprint density at radius 1 is 0.690 bits per heavy atom. The van der Waals surface area contributed by atoms with Gasteiger partial charge in [-0.3, -0.25) is 0 Å². The molecule has 2 aliphatic rings. The molecule has 234 valence electrons. The number of fused-ring (bicyclic) bond motifs is 1. The van der Waals surface area contributed by atoms with Crippen LogP contribution in [0.25, 0.3) is 0 Å². The number of aliphatic hydroxyl groups is 6. The van der Waals surface area contributed by atoms with Crippen molar-refractivity contribution in [3.05, 3.63) is 34.9 Å². The molecule has 8 atom stereocenters. The molecular weight excluding hydrogens is 556 g/mol. The number of ether oxygens (including phenoxy) is 7. The Kier molecular flexibility index (Phi) is 10.3. The lowest BCUT2D eigenvalue weighted by molar-refractivity contribution is -0.277. The van der Waals surface area contributed by atoms with E-state index in [2.05, 4.69) is 0 Å². The first-order chi connectivity index (χ1) is 20.2. The van der Waals surface area contributed by atoms with Gasteiger partial charge in [-0.2, -0.15) is 0 Å². The zero-order valence-electron chi connectivity index (χ0n) is 24.2. The third-order valence-corrected chi connectivity index (χ3v) is 8.15. The van der Waals surface area contributed by atoms with Gasteiger partial charge in [0.1, 0.15) is 24.4 Å². The summed E-state index contributed by atoms with van der Waals surface area (Å²) in [6, 6.07) is 5.25. The number of aliphatic hydroxyl groups excluding tert-OH is 6. The molecule has 0 amide bonds. The fraction of sp³-hybridized carbons (Fsp3) is 0.586. The van der Waals surface area contributed by atoms with Crippen molar-refractivity contribution in [2.45, 2.75) is 43.0 Å². The summed E-state index contributed by atoms with van der Waals surface area (Å²) >= 11 is 0. The SMILES string of the molecule is COc1cc([C@H]2c3c(cc(OC)c(O[C@@H]4O[C@H](CO)[C@@H](O)[C@H](O)[C@H]4O)c3OC)C[C@@H](CO)[C@@H]2CO)cc(OC)c1OC. The Labute approximate surface area is 243 Å². The van der Waals surface area contributed by atoms with E-state index in [1.807, 2.05) is 0 Å². The molecule has 13 heteroatoms. The van der Waals surface area contributed by atoms with Crippen molar-refractivity contribution >= 4 is 0 Å². The second-order valence-electron chi connectivity index (χ2n) is 10.3. The zero-order valence-corrected chi connectivity index (χ0v) is 24.2. The van der Waals surface area contributed by atoms with Gasteiger partial charge in [0.15, 0.2) is 23.0 Å². The summed E-state index contributed by atoms with van der Waals surface area (Å²) in [7, 11) is 7.32. The van der Waals surface area contributed by atoms with E-state index in [0.29, 0.717) is 34.8 Å². The van der Waals surface area contributed by atoms with Crippen LogP contribution in [0.4, 0.5) is 0 Å². The van der Waals surface area contributed by atoms with Crippen LogP contribution in [0.5, 0.6) is 34.5 Å². The molecule has 0 unspecified atom stereocenters. The summed E-state index contributed by atoms with van der Waals surface area (Å²) in [5.41, 5.74) is 2.05. The molecule has 1 saturated heterocycles. The van der Waals surface area contributed by atoms with Crippen LogP contribution < -0.4 is 28.4 Å². The molecule has 13 nitrogen and oxygen atoms in total. The van der Waals surface area contributed by atoms with E-state index >= 15 is 0 Å². The van der Waals surface area contributed by atoms with Gasteiger partial charge in [-0.05, 0) is 47.6 Å². The Bertz CT molecular complexity index is 1190. The minimum absolute atomic E-state index is 0.0275. The molecule has 1 aliphatic carbocycles. The standard InChI is InChI=1S/C29H40O13/c1-36-17-8-14(9-18(37-2)26(17)39-4)21-16(11-31)15(10-30)6-13-7-19(38-3)27(28(40-5)22(13)21)42-29-25(35)24(34)23(33)20(12-32)41-29/h7-9,15-16,20-21,23-25,29-35H,6,10-12H2,1-5H3/t15-,16-,20+,21+,23+,24-,25+,29-/m0/s1. The molecule has 0 bridgehead atoms. The van der Waals surface area contributed by atoms with E-state index in [-0.39, 0.29) is 36.4 Å². The molecule has 6 N–H and O–H groups in total. The van der Waals surface area contributed by atoms with Gasteiger partial charge in [0.2, 0.25) is 17.8 Å². The Hall–Kier alpha value is -3.04. The van der Waals surface area contributed by atoms with Crippen LogP contribution in [0.15, 0.2) is 18.2 Å². The van der Waals surface area contributed by atoms with Crippen LogP contribution in [0, 0.1) is 11.8 Å². The minimum atomic E-state index is -1.68. The van der Waals surface area contributed by atoms with Crippen LogP contribution in [0.3, 0.4) is 0 Å². The smallest absolute Gasteiger partial charge is 0.229 e. The molecule has 1 heterocycles. The number of benzene rings is 2. The van der Waals surface area contributed by atoms with E-state index in [1.165, 1.54) is 35.5 Å². The maximum absolute atomic E-state index is 10.7. The fourth-order valence-electron chi connectivity index (χ4n) is 6.01. The Balaban J connectivity index is 1.94. The molecule has 1 fully saturated rings. The zero-order chi connectivity index (χ0) is 30.7. The third-order valence-electron chi connectivity index (χ3n) is 8.15. The summed E-state index contributed by atoms with van der Waals surface area (Å²) in [6.07, 6.45) is -7.23. The van der Waals surface area contributed by atoms with Gasteiger partial charge in [0.05, 0.1) is 42.2 Å². The van der Waals surface area contributed by atoms with Gasteiger partial charge in [0.25, 0.3) is 0 Å². The number of hydrogen-bond donors (Lipinski definition) is 6. The van der Waals surface area contributed by atoms with Gasteiger partial charge >= 0.3 is 0 Å². The number of hydrogen-bond acceptors (Lipinski definition) is 13. The highest BCUT2D eigenvalue weighted by atomic mass is 16.7. The fourth-order valence-corrected chi connectivity index (χ4v) is 6.01. The topological polar surface area (TPSA) is 186 Å². The average molecular weight is 597 g/mol. The van der Waals surface area contributed by atoms with Gasteiger partial charge < -0.3 is 63.8 Å². The van der Waals surface area contributed by atoms with E-state index in [9.17, 15) is 30.6 Å². The largest absolute Gasteiger partial charge is 0.493 e. The molecule has 0 aromatic heterocycles. The quantitative estimate of drug-likeness (QED) is 0.201. The van der Waals surface area contributed by atoms with Crippen LogP contribution in [0.1, 0.15) is 22.6 Å². The first-order valence-electron chi connectivity index (χ1n) is 13.5. The Morgan fingerprint density at radius 3 is 1.79 bits per heavy atom. The highest BCUT2D eigenvalue weighted by Crippen LogP contribution is 2.55. The Morgan fingerprint density at radius 2 is 1.29 bits per heavy atom. The number of methoxy groups -OCH3 is 5. The predicted molar refractivity (Wildman–Crippen MR) is 147 cm³/mol. The van der Waals surface area contributed by atoms with Crippen LogP contribution in [0.2, 0.25) is 0 Å². The second-order valence-corrected chi connectivity index (χ2v) is 10.3. The van der Waals surface area contributed by atoms with Crippen molar-refractivity contribution < 1.29 is 63.8 Å². The lowest BCUT2D eigenvalue weighted by Gasteiger charge is -2.41. The lowest BCUT2D eigenvalue weighted by Crippen LogP contribution is -2.60. The second kappa shape index (κ2) is 13.5. The molecule has 2 aromatic carbocycles. The molecule has 2 aromatic rings. The van der Waals surface area contributed by atoms with E-state index in [1.54, 1.807) is 18.2 Å². The van der Waals surface area contributed by atoms with E-state index in [4.69, 9.17) is 33.2 Å². The number of rotatable bonds is 11. The van der Waals surface area contributed by atoms with Crippen molar-refractivity contribution in [3.63, 3.8) is 0 Å². The molecular formula is C29H40O13. The van der Waals surface area contributed by atoms with Crippen LogP contribution >= 0.6 is 0 Å². The monoisotopic (exact) mass is 596 g/mol. The summed E-state index contributed by atoms with van der Waals surface area (Å²) in [5.74, 6) is 0.212. The van der Waals surface area contributed by atoms with E-state index < -0.39 is 49.1 Å². The van der Waals surface area contributed by atoms with Crippen LogP contribution in [-0.2, 0) is 11.2 Å². The maximum Gasteiger partial charge on any atom is 0.229 e. The average Bonchev–Trinajstić information content (AvgIpc) is 3.02. The predicted octanol–water partition coefficient (Wildman–Crippen LogP) is -0.187. The molecule has 1 aliphatic heterocycles. The van der Waals surface area contributed by atoms with Crippen molar-refractivity contribution in [2.24, 2.45) is 11.8 Å². The van der Waals surface area contributed by atoms with Gasteiger partial charge in [-0.15, -0.1) is 0 Å². The van der Waals surface area contributed by atoms with Crippen molar-refractivity contribution in [2.75, 3.05) is 55.4 Å². The van der Waals surface area contributed by atoms with E-state index in [0.717, 1.165) is 5.56 Å². The maximum atomic E-state index is 10.7. The first-order valence-corrected chi connectivity index (χ1v) is 13.5. The molecule has 0 saturated carbocycles. The van der Waals surface area contributed by atoms with Gasteiger partial charge in [0, 0.05) is 24.7 Å². The molecule has 42 heavy (non-hydrogen) atoms. The summed E-state index contributed by atoms with van der Waals surface area (Å²) < 4.78 is 39.9. The molecule has 4 rings (SSSR count). The van der Waals surface area contributed by atoms with Crippen LogP contribution in [-0.4, -0.2) is 117 Å². The third kappa shape index (κ3) is 5.53. The van der Waals surface area contributed by atoms with Gasteiger partial charge in [-0.25, -0.2) is 0 Å². The summed E-state index contributed by atoms with van der Waals surface area (Å²) in [5, 5.41) is 61.8. The molecule has 0 radical (unpaired) electrons. The summed E-state index contributed by atoms with van der Waals surface area (Å²) in [6.45, 7) is -1.10. The van der Waals surface area contributed by atoms with Crippen molar-refractivity contribution in [3.8, 4) is 34.5 Å². The highest BCUT2D eigenvalue weighted by molar-refractivity contribution is 5.64. The van der Waals surface area contributed by atoms with Crippen molar-refractivity contribution in [1.82, 2.24) is 0 Å². The first kappa shape index (κ1) is 31.9. The lowest BCUT2D eigenvalue weighted by atomic mass is 9.66. The molecule has 0 spiro atoms. The summed E-state index contributed by atoms with van der Waals surface area (Å²) in [4.78, 5) is 0. The highest BCUT2D eigenvalue weighted by Gasteiger charge is 2.46. The normalized spacial score (nSPS) is 28.9. The van der Waals surface area contributed by atoms with Crippen molar-refractivity contribution in [1.29, 1.82) is 0 Å².